The van der Waals surface area contributed by atoms with Crippen molar-refractivity contribution in [1.29, 1.82) is 0 Å². The fraction of sp³-hybridized carbons (Fsp3) is 1.00. The molecule has 0 radical (unpaired) electrons. The summed E-state index contributed by atoms with van der Waals surface area (Å²) in [6.07, 6.45) is 0. The molecule has 0 atom stereocenters. The maximum absolute atomic E-state index is 2.25. The van der Waals surface area contributed by atoms with Gasteiger partial charge in [0.2, 0.25) is 0 Å². The van der Waals surface area contributed by atoms with Gasteiger partial charge in [-0.05, 0) is 20.0 Å². The van der Waals surface area contributed by atoms with Crippen LogP contribution in [0.3, 0.4) is 0 Å². The van der Waals surface area contributed by atoms with Crippen molar-refractivity contribution in [3.8, 4) is 0 Å². The van der Waals surface area contributed by atoms with Crippen LogP contribution in [0.4, 0.5) is 0 Å². The van der Waals surface area contributed by atoms with E-state index in [0.717, 1.165) is 0 Å². The Morgan fingerprint density at radius 1 is 1.17 bits per heavy atom. The first kappa shape index (κ1) is 10.8. The van der Waals surface area contributed by atoms with Gasteiger partial charge in [0.1, 0.15) is 0 Å². The maximum atomic E-state index is 2.25. The van der Waals surface area contributed by atoms with E-state index in [9.17, 15) is 0 Å². The second kappa shape index (κ2) is 10.0. The molecular weight excluding hydrogens is 391 g/mol. The average Bonchev–Trinajstić information content (AvgIpc) is 1.41. The molecule has 3 heteroatoms. The van der Waals surface area contributed by atoms with Crippen molar-refractivity contribution in [3.63, 3.8) is 0 Å². The molecule has 0 saturated heterocycles. The first-order valence-corrected chi connectivity index (χ1v) is 10.3. The van der Waals surface area contributed by atoms with E-state index in [4.69, 9.17) is 0 Å². The van der Waals surface area contributed by atoms with Crippen LogP contribution in [0.25, 0.3) is 0 Å². The Bertz CT molecular complexity index is 15.5. The normalized spacial score (nSPS) is 7.17. The van der Waals surface area contributed by atoms with Crippen LogP contribution in [-0.2, 0) is 17.3 Å². The van der Waals surface area contributed by atoms with Crippen LogP contribution >= 0.6 is 26.9 Å². The van der Waals surface area contributed by atoms with E-state index in [1.54, 1.807) is 0 Å². The van der Waals surface area contributed by atoms with Gasteiger partial charge < -0.3 is 0 Å². The Morgan fingerprint density at radius 3 is 1.17 bits per heavy atom. The summed E-state index contributed by atoms with van der Waals surface area (Å²) in [4.78, 5) is 0. The van der Waals surface area contributed by atoms with E-state index >= 15 is 0 Å². The van der Waals surface area contributed by atoms with Gasteiger partial charge in [0, 0.05) is 0 Å². The Morgan fingerprint density at radius 2 is 1.17 bits per heavy atom. The average molecular weight is 400 g/mol. The van der Waals surface area contributed by atoms with Crippen molar-refractivity contribution in [2.24, 2.45) is 0 Å². The number of hydrogen-bond donors (Lipinski definition) is 0. The molecule has 6 heavy (non-hydrogen) atoms. The van der Waals surface area contributed by atoms with E-state index in [1.165, 1.54) is 0 Å². The van der Waals surface area contributed by atoms with Crippen LogP contribution < -0.4 is 0 Å². The molecule has 0 fully saturated rings. The van der Waals surface area contributed by atoms with Crippen molar-refractivity contribution in [3.05, 3.63) is 0 Å². The summed E-state index contributed by atoms with van der Waals surface area (Å²) in [5, 5.41) is 0. The van der Waals surface area contributed by atoms with Crippen LogP contribution in [0.1, 0.15) is 0 Å². The molecule has 0 rings (SSSR count). The van der Waals surface area contributed by atoms with E-state index in [2.05, 4.69) is 56.3 Å². The molecule has 0 aromatic carbocycles. The van der Waals surface area contributed by atoms with E-state index < -0.39 is 0 Å². The molecule has 0 saturated carbocycles. The van der Waals surface area contributed by atoms with Crippen molar-refractivity contribution >= 4 is 26.9 Å². The standard InChI is InChI=1S/C3H9P.Au.HI/c1-4(2)3;;/h1-3H3;;1H/q;+1;/p-1. The number of halogens is 1. The summed E-state index contributed by atoms with van der Waals surface area (Å²) in [6, 6.07) is 0. The van der Waals surface area contributed by atoms with Gasteiger partial charge in [0.25, 0.3) is 0 Å². The second-order valence-corrected chi connectivity index (χ2v) is 4.02. The fourth-order valence-electron chi connectivity index (χ4n) is 0. The van der Waals surface area contributed by atoms with Gasteiger partial charge in [-0.15, -0.1) is 7.92 Å². The SMILES string of the molecule is CP(C)C.[I][Au]. The van der Waals surface area contributed by atoms with Crippen molar-refractivity contribution in [1.82, 2.24) is 0 Å². The number of hydrogen-bond acceptors (Lipinski definition) is 0. The Labute approximate surface area is 63.7 Å². The van der Waals surface area contributed by atoms with Gasteiger partial charge in [0.15, 0.2) is 0 Å². The molecule has 0 aromatic heterocycles. The molecule has 0 unspecified atom stereocenters. The molecule has 0 N–H and O–H groups in total. The Balaban J connectivity index is 0. The molecular formula is C3H9AuIP. The molecule has 0 aromatic rings. The van der Waals surface area contributed by atoms with Gasteiger partial charge >= 0.3 is 36.3 Å². The van der Waals surface area contributed by atoms with E-state index in [0.29, 0.717) is 7.92 Å². The first-order valence-electron chi connectivity index (χ1n) is 1.46. The Kier molecular flexibility index (Phi) is 18.0. The van der Waals surface area contributed by atoms with E-state index in [-0.39, 0.29) is 0 Å². The van der Waals surface area contributed by atoms with Crippen molar-refractivity contribution < 1.29 is 17.3 Å². The molecule has 0 aliphatic carbocycles. The summed E-state index contributed by atoms with van der Waals surface area (Å²) in [5.74, 6) is 0. The van der Waals surface area contributed by atoms with Gasteiger partial charge in [0.05, 0.1) is 0 Å². The predicted octanol–water partition coefficient (Wildman–Crippen LogP) is 2.24. The van der Waals surface area contributed by atoms with Gasteiger partial charge in [-0.1, -0.05) is 0 Å². The molecule has 0 amide bonds. The minimum atomic E-state index is 0.380. The van der Waals surface area contributed by atoms with Crippen LogP contribution in [0.15, 0.2) is 0 Å². The molecule has 0 aliphatic heterocycles. The summed E-state index contributed by atoms with van der Waals surface area (Å²) in [7, 11) is 0.380. The topological polar surface area (TPSA) is 0 Å². The summed E-state index contributed by atoms with van der Waals surface area (Å²) in [6.45, 7) is 6.69. The second-order valence-electron chi connectivity index (χ2n) is 1.34. The number of rotatable bonds is 0. The minimum absolute atomic E-state index is 0.380. The third-order valence-corrected chi connectivity index (χ3v) is 0. The molecule has 0 aliphatic rings. The zero-order valence-electron chi connectivity index (χ0n) is 4.13. The van der Waals surface area contributed by atoms with Gasteiger partial charge in [-0.25, -0.2) is 0 Å². The van der Waals surface area contributed by atoms with Crippen LogP contribution in [-0.4, -0.2) is 20.0 Å². The molecule has 44 valence electrons. The Hall–Kier alpha value is 1.90. The van der Waals surface area contributed by atoms with Gasteiger partial charge in [-0.3, -0.25) is 0 Å². The van der Waals surface area contributed by atoms with Crippen molar-refractivity contribution in [2.75, 3.05) is 20.0 Å². The fourth-order valence-corrected chi connectivity index (χ4v) is 0. The summed E-state index contributed by atoms with van der Waals surface area (Å²) >= 11 is 4.34. The van der Waals surface area contributed by atoms with Gasteiger partial charge in [-0.2, -0.15) is 0 Å². The quantitative estimate of drug-likeness (QED) is 0.333. The van der Waals surface area contributed by atoms with Crippen LogP contribution in [0.2, 0.25) is 0 Å². The molecule has 0 spiro atoms. The monoisotopic (exact) mass is 400 g/mol. The molecule has 0 heterocycles. The molecule has 0 nitrogen and oxygen atoms in total. The predicted molar refractivity (Wildman–Crippen MR) is 38.7 cm³/mol. The van der Waals surface area contributed by atoms with Crippen molar-refractivity contribution in [2.45, 2.75) is 0 Å². The molecule has 0 bridgehead atoms. The zero-order chi connectivity index (χ0) is 5.58. The van der Waals surface area contributed by atoms with Crippen LogP contribution in [0.5, 0.6) is 0 Å². The summed E-state index contributed by atoms with van der Waals surface area (Å²) in [5.41, 5.74) is 0. The third-order valence-electron chi connectivity index (χ3n) is 0. The van der Waals surface area contributed by atoms with E-state index in [1.807, 2.05) is 0 Å². The zero-order valence-corrected chi connectivity index (χ0v) is 9.35. The first-order chi connectivity index (χ1) is 2.73. The summed E-state index contributed by atoms with van der Waals surface area (Å²) < 4.78 is 0. The van der Waals surface area contributed by atoms with Crippen LogP contribution in [0, 0.1) is 0 Å². The third kappa shape index (κ3) is 39.2.